The second-order valence-electron chi connectivity index (χ2n) is 15.9. The van der Waals surface area contributed by atoms with E-state index in [-0.39, 0.29) is 24.8 Å². The van der Waals surface area contributed by atoms with E-state index in [4.69, 9.17) is 0 Å². The van der Waals surface area contributed by atoms with Crippen LogP contribution in [0.3, 0.4) is 0 Å². The van der Waals surface area contributed by atoms with Crippen LogP contribution in [0.5, 0.6) is 0 Å². The summed E-state index contributed by atoms with van der Waals surface area (Å²) in [6.45, 7) is 1.83. The van der Waals surface area contributed by atoms with Gasteiger partial charge in [0.1, 0.15) is 0 Å². The van der Waals surface area contributed by atoms with Crippen molar-refractivity contribution in [3.05, 3.63) is 0 Å². The number of hydrogen-bond acceptors (Lipinski definition) is 0. The summed E-state index contributed by atoms with van der Waals surface area (Å²) >= 11 is 0. The van der Waals surface area contributed by atoms with Crippen molar-refractivity contribution in [1.29, 1.82) is 0 Å². The van der Waals surface area contributed by atoms with E-state index in [1.54, 1.807) is 0 Å². The average molecular weight is 457 g/mol. The molecule has 6 unspecified atom stereocenters. The summed E-state index contributed by atoms with van der Waals surface area (Å²) in [5, 5.41) is 0. The van der Waals surface area contributed by atoms with Gasteiger partial charge in [-0.1, -0.05) is 0 Å². The fourth-order valence-electron chi connectivity index (χ4n) is 21.7. The molecule has 2 nitrogen and oxygen atoms in total. The Hall–Kier alpha value is 1.02. The van der Waals surface area contributed by atoms with Crippen molar-refractivity contribution in [3.8, 4) is 0 Å². The maximum absolute atomic E-state index is 3.32. The summed E-state index contributed by atoms with van der Waals surface area (Å²) in [4.78, 5) is 11.4. The van der Waals surface area contributed by atoms with Crippen molar-refractivity contribution < 1.29 is 40.3 Å². The van der Waals surface area contributed by atoms with E-state index in [9.17, 15) is 0 Å². The molecule has 0 bridgehead atoms. The van der Waals surface area contributed by atoms with Crippen LogP contribution in [0.2, 0.25) is 47.2 Å². The van der Waals surface area contributed by atoms with Crippen LogP contribution in [-0.4, -0.2) is 63.3 Å². The van der Waals surface area contributed by atoms with Gasteiger partial charge < -0.3 is 24.8 Å². The fraction of sp³-hybridized carbons (Fsp3) is 1.00. The zero-order valence-electron chi connectivity index (χ0n) is 18.2. The van der Waals surface area contributed by atoms with Gasteiger partial charge in [-0.15, -0.1) is 0 Å². The van der Waals surface area contributed by atoms with Gasteiger partial charge in [-0.25, -0.2) is 0 Å². The van der Waals surface area contributed by atoms with Gasteiger partial charge in [0.25, 0.3) is 0 Å². The molecule has 10 heterocycles. The molecule has 10 rings (SSSR count). The molecule has 0 aromatic carbocycles. The molecule has 1 spiro atoms. The van der Waals surface area contributed by atoms with Gasteiger partial charge >= 0.3 is 144 Å². The Morgan fingerprint density at radius 1 is 0.630 bits per heavy atom. The molecule has 6 atom stereocenters. The Kier molecular flexibility index (Phi) is 1.09. The first-order valence-electron chi connectivity index (χ1n) is 11.2. The van der Waals surface area contributed by atoms with Crippen LogP contribution in [0.25, 0.3) is 0 Å². The van der Waals surface area contributed by atoms with Gasteiger partial charge in [0.2, 0.25) is 0 Å². The Labute approximate surface area is 168 Å². The average Bonchev–Trinajstić information content (AvgIpc) is 3.40. The Morgan fingerprint density at radius 3 is 1.07 bits per heavy atom. The third-order valence-corrected chi connectivity index (χ3v) is 62.2. The standard InChI is InChI=1S/C17H33N2.C5H5.2ClH.Fe/c1-9-16(18(3,4)5)14-12-11-13-15(14)17(10-2)19(6,7)8;1-2-4-5-3-1;;;/h11-13,16-17H,9-10H2,1-8H3;1-5H;2*1H;/q+2;;;;/p-2. The van der Waals surface area contributed by atoms with Crippen LogP contribution >= 0.6 is 0 Å². The van der Waals surface area contributed by atoms with Crippen molar-refractivity contribution in [1.82, 2.24) is 0 Å². The molecule has 0 radical (unpaired) electrons. The predicted octanol–water partition coefficient (Wildman–Crippen LogP) is -0.906. The summed E-state index contributed by atoms with van der Waals surface area (Å²) in [5.74, 6) is 0. The number of nitrogens with zero attached hydrogens (tertiary/aromatic N) is 2. The van der Waals surface area contributed by atoms with Crippen molar-refractivity contribution in [3.63, 3.8) is 0 Å². The van der Waals surface area contributed by atoms with Crippen LogP contribution in [0, 0.1) is 0 Å². The maximum Gasteiger partial charge on any atom is -1.00 e. The monoisotopic (exact) mass is 456 g/mol. The van der Waals surface area contributed by atoms with E-state index in [1.165, 1.54) is 60.3 Å². The molecule has 10 saturated heterocycles. The maximum atomic E-state index is 2.57. The van der Waals surface area contributed by atoms with Crippen molar-refractivity contribution in [2.24, 2.45) is 0 Å². The third kappa shape index (κ3) is 0.258. The van der Waals surface area contributed by atoms with Crippen molar-refractivity contribution in [2.45, 2.75) is 85.9 Å². The minimum absolute atomic E-state index is 0. The van der Waals surface area contributed by atoms with Crippen LogP contribution < -0.4 is 24.8 Å². The molecule has 5 heteroatoms. The molecule has 27 heavy (non-hydrogen) atoms. The first kappa shape index (κ1) is 16.7. The van der Waals surface area contributed by atoms with E-state index in [2.05, 4.69) is 56.1 Å². The molecule has 0 saturated carbocycles. The molecule has 0 aromatic rings. The van der Waals surface area contributed by atoms with Gasteiger partial charge in [-0.2, -0.15) is 0 Å². The second-order valence-corrected chi connectivity index (χ2v) is 39.2. The summed E-state index contributed by atoms with van der Waals surface area (Å²) < 4.78 is 4.51. The third-order valence-electron chi connectivity index (χ3n) is 18.7. The predicted molar refractivity (Wildman–Crippen MR) is 99.6 cm³/mol. The smallest absolute Gasteiger partial charge is 1.00 e. The molecule has 0 aliphatic carbocycles. The number of halogens is 2. The van der Waals surface area contributed by atoms with Gasteiger partial charge in [0, 0.05) is 0 Å². The molecule has 10 aliphatic heterocycles. The van der Waals surface area contributed by atoms with Crippen molar-refractivity contribution in [2.75, 3.05) is 42.3 Å². The molecule has 0 N–H and O–H groups in total. The van der Waals surface area contributed by atoms with Crippen molar-refractivity contribution >= 4 is 0 Å². The van der Waals surface area contributed by atoms with E-state index in [1.807, 2.05) is 0 Å². The SMILES string of the molecule is CCC([C]12[CH]3[CH]4[CH]5[C]1(C(CC)[N+](C)(C)C)[Fe]43521678[CH]2[CH]1[CH]6[CH]7[CH]28)[N+](C)(C)C.[Cl-].[Cl-]. The van der Waals surface area contributed by atoms with Crippen LogP contribution in [0.4, 0.5) is 0 Å². The summed E-state index contributed by atoms with van der Waals surface area (Å²) in [6.07, 6.45) is 2.93. The largest absolute Gasteiger partial charge is 1.00 e. The first-order valence-corrected chi connectivity index (χ1v) is 17.4. The number of rotatable bonds is 6. The number of fused-ring (bicyclic) bond motifs is 10. The molecular formula is C22H38Cl2FeN2. The molecular weight excluding hydrogens is 419 g/mol. The number of quaternary nitrogens is 2. The molecule has 0 aromatic heterocycles. The quantitative estimate of drug-likeness (QED) is 0.358. The molecule has 10 aliphatic rings. The zero-order chi connectivity index (χ0) is 17.5. The fourth-order valence-corrected chi connectivity index (χ4v) is 100. The van der Waals surface area contributed by atoms with E-state index in [0.29, 0.717) is 0 Å². The van der Waals surface area contributed by atoms with E-state index >= 15 is 0 Å². The normalized spacial score (nSPS) is 85.2. The van der Waals surface area contributed by atoms with Crippen LogP contribution in [-0.2, 0) is 6.51 Å². The van der Waals surface area contributed by atoms with E-state index < -0.39 is 6.51 Å². The second kappa shape index (κ2) is 1.76. The zero-order valence-corrected chi connectivity index (χ0v) is 20.8. The summed E-state index contributed by atoms with van der Waals surface area (Å²) in [5.41, 5.74) is 0. The van der Waals surface area contributed by atoms with Gasteiger partial charge in [0.15, 0.2) is 0 Å². The van der Waals surface area contributed by atoms with Gasteiger partial charge in [-0.05, 0) is 0 Å². The molecule has 10 fully saturated rings. The Bertz CT molecular complexity index is 1110. The van der Waals surface area contributed by atoms with Crippen LogP contribution in [0.15, 0.2) is 0 Å². The number of hydrogen-bond donors (Lipinski definition) is 0. The van der Waals surface area contributed by atoms with Gasteiger partial charge in [0.05, 0.1) is 0 Å². The summed E-state index contributed by atoms with van der Waals surface area (Å²) in [6, 6.07) is 2.02. The topological polar surface area (TPSA) is 0 Å². The summed E-state index contributed by atoms with van der Waals surface area (Å²) in [7, 11) is 15.4. The van der Waals surface area contributed by atoms with E-state index in [0.717, 1.165) is 20.7 Å². The molecule has 0 amide bonds. The van der Waals surface area contributed by atoms with Gasteiger partial charge in [-0.3, -0.25) is 0 Å². The minimum Gasteiger partial charge on any atom is -1.00 e. The Morgan fingerprint density at radius 2 is 0.926 bits per heavy atom. The minimum atomic E-state index is -3.32. The van der Waals surface area contributed by atoms with Crippen LogP contribution in [0.1, 0.15) is 26.7 Å². The molecule has 158 valence electrons. The Balaban J connectivity index is 0.000000642. The first-order chi connectivity index (χ1) is 11.3.